The van der Waals surface area contributed by atoms with Gasteiger partial charge in [0.1, 0.15) is 17.9 Å². The summed E-state index contributed by atoms with van der Waals surface area (Å²) in [6, 6.07) is 12.1. The summed E-state index contributed by atoms with van der Waals surface area (Å²) in [5, 5.41) is 4.20. The zero-order valence-corrected chi connectivity index (χ0v) is 16.7. The molecule has 8 nitrogen and oxygen atoms in total. The molecule has 1 fully saturated rings. The molecule has 0 saturated carbocycles. The summed E-state index contributed by atoms with van der Waals surface area (Å²) in [5.74, 6) is 2.90. The van der Waals surface area contributed by atoms with E-state index in [1.165, 1.54) is 0 Å². The fraction of sp³-hybridized carbons (Fsp3) is 0.273. The van der Waals surface area contributed by atoms with Gasteiger partial charge in [-0.25, -0.2) is 9.97 Å². The molecule has 0 amide bonds. The standard InChI is InChI=1S/C22H22N6O2/c1-29-19-7-3-2-5-17(19)14-27-11-4-6-18(27)22-25-21(26-30-22)16-8-9-20(24-13-16)28-12-10-23-15-28/h2-3,5,7-10,12-13,15,18H,4,6,11,14H2,1H3. The molecule has 1 aromatic carbocycles. The molecule has 0 N–H and O–H groups in total. The smallest absolute Gasteiger partial charge is 0.244 e. The van der Waals surface area contributed by atoms with Gasteiger partial charge >= 0.3 is 0 Å². The third kappa shape index (κ3) is 3.57. The molecular formula is C22H22N6O2. The van der Waals surface area contributed by atoms with Crippen LogP contribution in [0.3, 0.4) is 0 Å². The zero-order valence-electron chi connectivity index (χ0n) is 16.7. The second-order valence-electron chi connectivity index (χ2n) is 7.27. The summed E-state index contributed by atoms with van der Waals surface area (Å²) in [4.78, 5) is 15.6. The number of hydrogen-bond acceptors (Lipinski definition) is 7. The van der Waals surface area contributed by atoms with E-state index in [1.807, 2.05) is 41.1 Å². The maximum atomic E-state index is 5.65. The average molecular weight is 402 g/mol. The van der Waals surface area contributed by atoms with Crippen molar-refractivity contribution in [3.63, 3.8) is 0 Å². The lowest BCUT2D eigenvalue weighted by Crippen LogP contribution is -2.23. The molecule has 8 heteroatoms. The Labute approximate surface area is 174 Å². The largest absolute Gasteiger partial charge is 0.496 e. The molecule has 0 spiro atoms. The number of likely N-dealkylation sites (tertiary alicyclic amines) is 1. The average Bonchev–Trinajstić information content (AvgIpc) is 3.55. The number of pyridine rings is 1. The Kier molecular flexibility index (Phi) is 4.98. The molecular weight excluding hydrogens is 380 g/mol. The van der Waals surface area contributed by atoms with E-state index in [4.69, 9.17) is 9.26 Å². The Morgan fingerprint density at radius 1 is 1.20 bits per heavy atom. The van der Waals surface area contributed by atoms with Crippen LogP contribution in [0.4, 0.5) is 0 Å². The summed E-state index contributed by atoms with van der Waals surface area (Å²) >= 11 is 0. The summed E-state index contributed by atoms with van der Waals surface area (Å²) in [6.45, 7) is 1.77. The van der Waals surface area contributed by atoms with E-state index in [-0.39, 0.29) is 6.04 Å². The zero-order chi connectivity index (χ0) is 20.3. The van der Waals surface area contributed by atoms with E-state index in [0.29, 0.717) is 11.7 Å². The van der Waals surface area contributed by atoms with Gasteiger partial charge in [-0.3, -0.25) is 9.47 Å². The van der Waals surface area contributed by atoms with Crippen LogP contribution in [-0.4, -0.2) is 43.2 Å². The number of aromatic nitrogens is 5. The van der Waals surface area contributed by atoms with Crippen LogP contribution >= 0.6 is 0 Å². The van der Waals surface area contributed by atoms with Gasteiger partial charge in [-0.1, -0.05) is 23.4 Å². The van der Waals surface area contributed by atoms with Gasteiger partial charge in [0.25, 0.3) is 0 Å². The van der Waals surface area contributed by atoms with Crippen LogP contribution in [0.15, 0.2) is 65.8 Å². The van der Waals surface area contributed by atoms with Gasteiger partial charge in [0.2, 0.25) is 11.7 Å². The quantitative estimate of drug-likeness (QED) is 0.487. The molecule has 152 valence electrons. The van der Waals surface area contributed by atoms with Crippen molar-refractivity contribution in [3.8, 4) is 23.0 Å². The van der Waals surface area contributed by atoms with Crippen molar-refractivity contribution in [1.82, 2.24) is 29.6 Å². The van der Waals surface area contributed by atoms with E-state index in [2.05, 4.69) is 31.1 Å². The highest BCUT2D eigenvalue weighted by Gasteiger charge is 2.31. The minimum atomic E-state index is 0.106. The van der Waals surface area contributed by atoms with Gasteiger partial charge in [-0.2, -0.15) is 4.98 Å². The first kappa shape index (κ1) is 18.5. The summed E-state index contributed by atoms with van der Waals surface area (Å²) in [7, 11) is 1.71. The second kappa shape index (κ2) is 8.08. The van der Waals surface area contributed by atoms with Gasteiger partial charge in [0, 0.05) is 36.3 Å². The van der Waals surface area contributed by atoms with Crippen molar-refractivity contribution in [1.29, 1.82) is 0 Å². The fourth-order valence-corrected chi connectivity index (χ4v) is 3.90. The van der Waals surface area contributed by atoms with E-state index >= 15 is 0 Å². The molecule has 4 aromatic rings. The molecule has 0 radical (unpaired) electrons. The number of rotatable bonds is 6. The number of benzene rings is 1. The number of para-hydroxylation sites is 1. The Morgan fingerprint density at radius 2 is 2.13 bits per heavy atom. The van der Waals surface area contributed by atoms with Gasteiger partial charge < -0.3 is 9.26 Å². The molecule has 1 aliphatic rings. The van der Waals surface area contributed by atoms with Crippen molar-refractivity contribution in [3.05, 3.63) is 72.8 Å². The normalized spacial score (nSPS) is 16.8. The van der Waals surface area contributed by atoms with Crippen molar-refractivity contribution >= 4 is 0 Å². The third-order valence-corrected chi connectivity index (χ3v) is 5.43. The van der Waals surface area contributed by atoms with Crippen LogP contribution in [0.25, 0.3) is 17.2 Å². The Hall–Kier alpha value is -3.52. The summed E-state index contributed by atoms with van der Waals surface area (Å²) in [5.41, 5.74) is 1.98. The Morgan fingerprint density at radius 3 is 2.93 bits per heavy atom. The number of imidazole rings is 1. The highest BCUT2D eigenvalue weighted by molar-refractivity contribution is 5.53. The minimum Gasteiger partial charge on any atom is -0.496 e. The molecule has 0 bridgehead atoms. The molecule has 5 rings (SSSR count). The molecule has 1 saturated heterocycles. The van der Waals surface area contributed by atoms with Crippen LogP contribution in [0.5, 0.6) is 5.75 Å². The first-order chi connectivity index (χ1) is 14.8. The van der Waals surface area contributed by atoms with Gasteiger partial charge in [0.05, 0.1) is 13.2 Å². The number of ether oxygens (including phenoxy) is 1. The predicted octanol–water partition coefficient (Wildman–Crippen LogP) is 3.66. The van der Waals surface area contributed by atoms with Crippen molar-refractivity contribution < 1.29 is 9.26 Å². The highest BCUT2D eigenvalue weighted by atomic mass is 16.5. The molecule has 3 aromatic heterocycles. The van der Waals surface area contributed by atoms with Crippen molar-refractivity contribution in [2.45, 2.75) is 25.4 Å². The van der Waals surface area contributed by atoms with Crippen LogP contribution in [0, 0.1) is 0 Å². The number of methoxy groups -OCH3 is 1. The third-order valence-electron chi connectivity index (χ3n) is 5.43. The van der Waals surface area contributed by atoms with Gasteiger partial charge in [-0.05, 0) is 37.6 Å². The van der Waals surface area contributed by atoms with Crippen molar-refractivity contribution in [2.75, 3.05) is 13.7 Å². The lowest BCUT2D eigenvalue weighted by atomic mass is 10.1. The molecule has 1 atom stereocenters. The van der Waals surface area contributed by atoms with Gasteiger partial charge in [0.15, 0.2) is 0 Å². The maximum Gasteiger partial charge on any atom is 0.244 e. The Balaban J connectivity index is 1.34. The second-order valence-corrected chi connectivity index (χ2v) is 7.27. The molecule has 1 aliphatic heterocycles. The molecule has 4 heterocycles. The summed E-state index contributed by atoms with van der Waals surface area (Å²) in [6.07, 6.45) is 9.13. The highest BCUT2D eigenvalue weighted by Crippen LogP contribution is 2.34. The predicted molar refractivity (Wildman–Crippen MR) is 110 cm³/mol. The van der Waals surface area contributed by atoms with Crippen molar-refractivity contribution in [2.24, 2.45) is 0 Å². The van der Waals surface area contributed by atoms with Crippen LogP contribution in [0.2, 0.25) is 0 Å². The number of nitrogens with zero attached hydrogens (tertiary/aromatic N) is 6. The van der Waals surface area contributed by atoms with E-state index < -0.39 is 0 Å². The van der Waals surface area contributed by atoms with Crippen LogP contribution in [0.1, 0.15) is 30.3 Å². The molecule has 30 heavy (non-hydrogen) atoms. The monoisotopic (exact) mass is 402 g/mol. The van der Waals surface area contributed by atoms with Gasteiger partial charge in [-0.15, -0.1) is 0 Å². The minimum absolute atomic E-state index is 0.106. The molecule has 1 unspecified atom stereocenters. The van der Waals surface area contributed by atoms with E-state index in [0.717, 1.165) is 48.6 Å². The maximum absolute atomic E-state index is 5.65. The van der Waals surface area contributed by atoms with E-state index in [9.17, 15) is 0 Å². The molecule has 0 aliphatic carbocycles. The lowest BCUT2D eigenvalue weighted by molar-refractivity contribution is 0.199. The van der Waals surface area contributed by atoms with Crippen LogP contribution < -0.4 is 4.74 Å². The SMILES string of the molecule is COc1ccccc1CN1CCCC1c1nc(-c2ccc(-n3ccnc3)nc2)no1. The van der Waals surface area contributed by atoms with E-state index in [1.54, 1.807) is 25.8 Å². The number of hydrogen-bond donors (Lipinski definition) is 0. The first-order valence-corrected chi connectivity index (χ1v) is 9.96. The summed E-state index contributed by atoms with van der Waals surface area (Å²) < 4.78 is 13.0. The van der Waals surface area contributed by atoms with Crippen LogP contribution in [-0.2, 0) is 6.54 Å². The lowest BCUT2D eigenvalue weighted by Gasteiger charge is -2.22. The first-order valence-electron chi connectivity index (χ1n) is 9.96. The topological polar surface area (TPSA) is 82.1 Å². The Bertz CT molecular complexity index is 1110. The fourth-order valence-electron chi connectivity index (χ4n) is 3.90.